The lowest BCUT2D eigenvalue weighted by Crippen LogP contribution is -2.18. The number of para-hydroxylation sites is 1. The van der Waals surface area contributed by atoms with Crippen LogP contribution in [0, 0.1) is 0 Å². The molecule has 0 heterocycles. The van der Waals surface area contributed by atoms with Crippen LogP contribution >= 0.6 is 0 Å². The number of nitrogens with zero attached hydrogens (tertiary/aromatic N) is 1. The van der Waals surface area contributed by atoms with Crippen LogP contribution in [0.1, 0.15) is 22.3 Å². The van der Waals surface area contributed by atoms with Crippen molar-refractivity contribution in [2.75, 3.05) is 11.9 Å². The molecule has 0 saturated heterocycles. The molecular formula is C18H17NO4. The summed E-state index contributed by atoms with van der Waals surface area (Å²) in [6.07, 6.45) is -0.618. The van der Waals surface area contributed by atoms with E-state index in [0.717, 1.165) is 11.3 Å². The predicted molar refractivity (Wildman–Crippen MR) is 86.6 cm³/mol. The van der Waals surface area contributed by atoms with Gasteiger partial charge in [0, 0.05) is 24.8 Å². The van der Waals surface area contributed by atoms with E-state index in [1.54, 1.807) is 18.2 Å². The highest BCUT2D eigenvalue weighted by Crippen LogP contribution is 2.16. The minimum Gasteiger partial charge on any atom is -0.475 e. The van der Waals surface area contributed by atoms with E-state index in [-0.39, 0.29) is 0 Å². The lowest BCUT2D eigenvalue weighted by atomic mass is 10.0. The van der Waals surface area contributed by atoms with Crippen molar-refractivity contribution in [2.24, 2.45) is 0 Å². The van der Waals surface area contributed by atoms with Crippen LogP contribution in [0.25, 0.3) is 0 Å². The van der Waals surface area contributed by atoms with Gasteiger partial charge >= 0.3 is 5.97 Å². The molecule has 118 valence electrons. The summed E-state index contributed by atoms with van der Waals surface area (Å²) in [7, 11) is 1.94. The standard InChI is InChI=1S/C18H17NO4/c1-19(15-8-3-2-4-9-15)12-13-6-5-7-14(10-13)16(20)11-17(21)18(22)23/h2-10H,11-12H2,1H3,(H,22,23). The molecule has 5 heteroatoms. The molecule has 0 spiro atoms. The lowest BCUT2D eigenvalue weighted by molar-refractivity contribution is -0.148. The molecular weight excluding hydrogens is 294 g/mol. The molecule has 0 aliphatic rings. The second-order valence-electron chi connectivity index (χ2n) is 5.22. The number of aliphatic carboxylic acids is 1. The Balaban J connectivity index is 2.09. The van der Waals surface area contributed by atoms with Crippen molar-refractivity contribution in [3.05, 3.63) is 65.7 Å². The third-order valence-electron chi connectivity index (χ3n) is 3.43. The van der Waals surface area contributed by atoms with E-state index >= 15 is 0 Å². The van der Waals surface area contributed by atoms with Crippen LogP contribution in [-0.4, -0.2) is 29.7 Å². The Morgan fingerprint density at radius 1 is 1.00 bits per heavy atom. The maximum absolute atomic E-state index is 12.0. The monoisotopic (exact) mass is 311 g/mol. The van der Waals surface area contributed by atoms with E-state index in [4.69, 9.17) is 5.11 Å². The zero-order valence-electron chi connectivity index (χ0n) is 12.7. The SMILES string of the molecule is CN(Cc1cccc(C(=O)CC(=O)C(=O)O)c1)c1ccccc1. The maximum atomic E-state index is 12.0. The van der Waals surface area contributed by atoms with Crippen molar-refractivity contribution < 1.29 is 19.5 Å². The summed E-state index contributed by atoms with van der Waals surface area (Å²) in [6, 6.07) is 16.7. The van der Waals surface area contributed by atoms with Crippen LogP contribution in [-0.2, 0) is 16.1 Å². The number of rotatable bonds is 7. The molecule has 0 aliphatic heterocycles. The number of hydrogen-bond acceptors (Lipinski definition) is 4. The Morgan fingerprint density at radius 3 is 2.35 bits per heavy atom. The molecule has 0 aliphatic carbocycles. The van der Waals surface area contributed by atoms with Gasteiger partial charge in [-0.3, -0.25) is 9.59 Å². The zero-order valence-corrected chi connectivity index (χ0v) is 12.7. The van der Waals surface area contributed by atoms with Crippen molar-refractivity contribution in [1.29, 1.82) is 0 Å². The van der Waals surface area contributed by atoms with E-state index < -0.39 is 24.0 Å². The summed E-state index contributed by atoms with van der Waals surface area (Å²) in [5.74, 6) is -3.17. The first-order valence-electron chi connectivity index (χ1n) is 7.12. The smallest absolute Gasteiger partial charge is 0.372 e. The van der Waals surface area contributed by atoms with Crippen LogP contribution in [0.3, 0.4) is 0 Å². The molecule has 0 amide bonds. The van der Waals surface area contributed by atoms with Gasteiger partial charge < -0.3 is 10.0 Å². The summed E-state index contributed by atoms with van der Waals surface area (Å²) in [6.45, 7) is 0.595. The molecule has 2 rings (SSSR count). The van der Waals surface area contributed by atoms with E-state index in [1.807, 2.05) is 48.3 Å². The Bertz CT molecular complexity index is 725. The molecule has 0 bridgehead atoms. The van der Waals surface area contributed by atoms with Gasteiger partial charge in [0.2, 0.25) is 5.78 Å². The molecule has 23 heavy (non-hydrogen) atoms. The van der Waals surface area contributed by atoms with Crippen LogP contribution in [0.15, 0.2) is 54.6 Å². The number of carboxylic acid groups (broad SMARTS) is 1. The van der Waals surface area contributed by atoms with Gasteiger partial charge in [-0.05, 0) is 23.8 Å². The van der Waals surface area contributed by atoms with E-state index in [1.165, 1.54) is 0 Å². The summed E-state index contributed by atoms with van der Waals surface area (Å²) in [4.78, 5) is 35.7. The largest absolute Gasteiger partial charge is 0.475 e. The number of anilines is 1. The summed E-state index contributed by atoms with van der Waals surface area (Å²) < 4.78 is 0. The summed E-state index contributed by atoms with van der Waals surface area (Å²) in [5, 5.41) is 8.57. The van der Waals surface area contributed by atoms with Crippen molar-refractivity contribution in [3.8, 4) is 0 Å². The fourth-order valence-corrected chi connectivity index (χ4v) is 2.21. The normalized spacial score (nSPS) is 10.1. The number of Topliss-reactive ketones (excluding diaryl/α,β-unsaturated/α-hetero) is 2. The van der Waals surface area contributed by atoms with Crippen LogP contribution in [0.2, 0.25) is 0 Å². The average molecular weight is 311 g/mol. The molecule has 2 aromatic carbocycles. The van der Waals surface area contributed by atoms with Crippen molar-refractivity contribution >= 4 is 23.2 Å². The van der Waals surface area contributed by atoms with Gasteiger partial charge in [-0.2, -0.15) is 0 Å². The predicted octanol–water partition coefficient (Wildman–Crippen LogP) is 2.55. The van der Waals surface area contributed by atoms with Crippen molar-refractivity contribution in [3.63, 3.8) is 0 Å². The third-order valence-corrected chi connectivity index (χ3v) is 3.43. The minimum atomic E-state index is -1.58. The van der Waals surface area contributed by atoms with E-state index in [2.05, 4.69) is 0 Å². The summed E-state index contributed by atoms with van der Waals surface area (Å²) in [5.41, 5.74) is 2.30. The Morgan fingerprint density at radius 2 is 1.70 bits per heavy atom. The van der Waals surface area contributed by atoms with Gasteiger partial charge in [0.05, 0.1) is 6.42 Å². The molecule has 1 N–H and O–H groups in total. The van der Waals surface area contributed by atoms with E-state index in [0.29, 0.717) is 12.1 Å². The summed E-state index contributed by atoms with van der Waals surface area (Å²) >= 11 is 0. The molecule has 0 radical (unpaired) electrons. The van der Waals surface area contributed by atoms with Gasteiger partial charge in [-0.25, -0.2) is 4.79 Å². The van der Waals surface area contributed by atoms with Gasteiger partial charge in [-0.15, -0.1) is 0 Å². The molecule has 0 aromatic heterocycles. The number of ketones is 2. The lowest BCUT2D eigenvalue weighted by Gasteiger charge is -2.19. The second kappa shape index (κ2) is 7.35. The molecule has 0 saturated carbocycles. The average Bonchev–Trinajstić information content (AvgIpc) is 2.55. The maximum Gasteiger partial charge on any atom is 0.372 e. The highest BCUT2D eigenvalue weighted by Gasteiger charge is 2.18. The minimum absolute atomic E-state index is 0.346. The molecule has 2 aromatic rings. The van der Waals surface area contributed by atoms with Crippen LogP contribution < -0.4 is 4.90 Å². The first-order valence-corrected chi connectivity index (χ1v) is 7.12. The number of carbonyl (C=O) groups excluding carboxylic acids is 2. The van der Waals surface area contributed by atoms with Crippen molar-refractivity contribution in [2.45, 2.75) is 13.0 Å². The first kappa shape index (κ1) is 16.4. The zero-order chi connectivity index (χ0) is 16.8. The van der Waals surface area contributed by atoms with Gasteiger partial charge in [-0.1, -0.05) is 36.4 Å². The fraction of sp³-hybridized carbons (Fsp3) is 0.167. The fourth-order valence-electron chi connectivity index (χ4n) is 2.21. The Labute approximate surface area is 134 Å². The number of hydrogen-bond donors (Lipinski definition) is 1. The van der Waals surface area contributed by atoms with Crippen LogP contribution in [0.5, 0.6) is 0 Å². The highest BCUT2D eigenvalue weighted by molar-refractivity contribution is 6.37. The molecule has 0 fully saturated rings. The van der Waals surface area contributed by atoms with Crippen molar-refractivity contribution in [1.82, 2.24) is 0 Å². The quantitative estimate of drug-likeness (QED) is 0.483. The molecule has 0 unspecified atom stereocenters. The number of carbonyl (C=O) groups is 3. The highest BCUT2D eigenvalue weighted by atomic mass is 16.4. The van der Waals surface area contributed by atoms with E-state index in [9.17, 15) is 14.4 Å². The topological polar surface area (TPSA) is 74.7 Å². The van der Waals surface area contributed by atoms with Gasteiger partial charge in [0.25, 0.3) is 0 Å². The Hall–Kier alpha value is -2.95. The third kappa shape index (κ3) is 4.51. The second-order valence-corrected chi connectivity index (χ2v) is 5.22. The molecule has 5 nitrogen and oxygen atoms in total. The van der Waals surface area contributed by atoms with Gasteiger partial charge in [0.1, 0.15) is 0 Å². The number of carboxylic acids is 1. The molecule has 0 atom stereocenters. The first-order chi connectivity index (χ1) is 11.0. The van der Waals surface area contributed by atoms with Gasteiger partial charge in [0.15, 0.2) is 5.78 Å². The van der Waals surface area contributed by atoms with Crippen LogP contribution in [0.4, 0.5) is 5.69 Å². The number of benzene rings is 2. The Kier molecular flexibility index (Phi) is 5.25.